The predicted molar refractivity (Wildman–Crippen MR) is 69.5 cm³/mol. The van der Waals surface area contributed by atoms with E-state index in [0.29, 0.717) is 13.0 Å². The first kappa shape index (κ1) is 15.0. The van der Waals surface area contributed by atoms with Crippen molar-refractivity contribution in [3.63, 3.8) is 0 Å². The number of carbonyl (C=O) groups excluding carboxylic acids is 1. The van der Waals surface area contributed by atoms with Crippen molar-refractivity contribution < 1.29 is 14.7 Å². The van der Waals surface area contributed by atoms with Gasteiger partial charge >= 0.3 is 12.0 Å². The minimum absolute atomic E-state index is 0.115. The van der Waals surface area contributed by atoms with Gasteiger partial charge in [0.05, 0.1) is 12.7 Å². The van der Waals surface area contributed by atoms with Crippen molar-refractivity contribution in [2.24, 2.45) is 0 Å². The molecule has 7 nitrogen and oxygen atoms in total. The molecule has 19 heavy (non-hydrogen) atoms. The number of carbonyl (C=O) groups is 2. The molecular formula is C12H20N4O3. The number of nitrogens with zero attached hydrogens (tertiary/aromatic N) is 3. The fraction of sp³-hybridized carbons (Fsp3) is 0.583. The van der Waals surface area contributed by atoms with Crippen LogP contribution >= 0.6 is 0 Å². The SMILES string of the molecule is CCC(C)N(CC(=O)O)C(=O)N(C)Cc1cn[nH]c1. The minimum Gasteiger partial charge on any atom is -0.480 e. The summed E-state index contributed by atoms with van der Waals surface area (Å²) >= 11 is 0. The Morgan fingerprint density at radius 2 is 2.21 bits per heavy atom. The number of aromatic nitrogens is 2. The molecule has 0 aliphatic heterocycles. The molecule has 1 unspecified atom stereocenters. The summed E-state index contributed by atoms with van der Waals surface area (Å²) in [6, 6.07) is -0.409. The molecular weight excluding hydrogens is 248 g/mol. The Kier molecular flexibility index (Phi) is 5.35. The lowest BCUT2D eigenvalue weighted by Crippen LogP contribution is -2.47. The van der Waals surface area contributed by atoms with Crippen molar-refractivity contribution in [3.05, 3.63) is 18.0 Å². The van der Waals surface area contributed by atoms with E-state index in [2.05, 4.69) is 10.2 Å². The lowest BCUT2D eigenvalue weighted by atomic mass is 10.2. The van der Waals surface area contributed by atoms with Crippen LogP contribution in [0.15, 0.2) is 12.4 Å². The van der Waals surface area contributed by atoms with Crippen molar-refractivity contribution in [2.75, 3.05) is 13.6 Å². The largest absolute Gasteiger partial charge is 0.480 e. The molecule has 1 aromatic rings. The van der Waals surface area contributed by atoms with Crippen LogP contribution in [0, 0.1) is 0 Å². The fourth-order valence-electron chi connectivity index (χ4n) is 1.70. The molecule has 106 valence electrons. The van der Waals surface area contributed by atoms with E-state index in [4.69, 9.17) is 5.11 Å². The monoisotopic (exact) mass is 268 g/mol. The Labute approximate surface area is 112 Å². The lowest BCUT2D eigenvalue weighted by Gasteiger charge is -2.31. The standard InChI is InChI=1S/C12H20N4O3/c1-4-9(2)16(8-11(17)18)12(19)15(3)7-10-5-13-14-6-10/h5-6,9H,4,7-8H2,1-3H3,(H,13,14)(H,17,18). The summed E-state index contributed by atoms with van der Waals surface area (Å²) in [6.45, 7) is 3.86. The van der Waals surface area contributed by atoms with Gasteiger partial charge in [0, 0.05) is 24.8 Å². The number of rotatable bonds is 6. The third-order valence-electron chi connectivity index (χ3n) is 2.98. The molecule has 1 atom stereocenters. The van der Waals surface area contributed by atoms with Crippen LogP contribution in [-0.4, -0.2) is 56.7 Å². The molecule has 1 rings (SSSR count). The molecule has 0 radical (unpaired) electrons. The van der Waals surface area contributed by atoms with Gasteiger partial charge in [-0.2, -0.15) is 5.10 Å². The summed E-state index contributed by atoms with van der Waals surface area (Å²) in [7, 11) is 1.65. The zero-order valence-electron chi connectivity index (χ0n) is 11.5. The van der Waals surface area contributed by atoms with Gasteiger partial charge in [-0.3, -0.25) is 9.89 Å². The van der Waals surface area contributed by atoms with E-state index in [1.807, 2.05) is 13.8 Å². The Hall–Kier alpha value is -2.05. The second-order valence-corrected chi connectivity index (χ2v) is 4.52. The summed E-state index contributed by atoms with van der Waals surface area (Å²) in [5.74, 6) is -1.01. The summed E-state index contributed by atoms with van der Waals surface area (Å²) in [6.07, 6.45) is 4.04. The quantitative estimate of drug-likeness (QED) is 0.809. The highest BCUT2D eigenvalue weighted by Gasteiger charge is 2.24. The molecule has 0 bridgehead atoms. The Bertz CT molecular complexity index is 419. The molecule has 0 aliphatic rings. The van der Waals surface area contributed by atoms with Gasteiger partial charge in [0.1, 0.15) is 6.54 Å². The number of carboxylic acids is 1. The van der Waals surface area contributed by atoms with Crippen molar-refractivity contribution in [2.45, 2.75) is 32.9 Å². The third kappa shape index (κ3) is 4.27. The maximum absolute atomic E-state index is 12.3. The number of aromatic amines is 1. The molecule has 0 aliphatic carbocycles. The van der Waals surface area contributed by atoms with Crippen LogP contribution in [0.4, 0.5) is 4.79 Å². The van der Waals surface area contributed by atoms with E-state index >= 15 is 0 Å². The van der Waals surface area contributed by atoms with Crippen molar-refractivity contribution in [1.29, 1.82) is 0 Å². The normalized spacial score (nSPS) is 11.9. The number of hydrogen-bond donors (Lipinski definition) is 2. The van der Waals surface area contributed by atoms with Crippen LogP contribution in [0.1, 0.15) is 25.8 Å². The van der Waals surface area contributed by atoms with E-state index in [1.165, 1.54) is 9.80 Å². The highest BCUT2D eigenvalue weighted by molar-refractivity contribution is 5.80. The van der Waals surface area contributed by atoms with E-state index in [0.717, 1.165) is 5.56 Å². The van der Waals surface area contributed by atoms with Crippen LogP contribution in [0.25, 0.3) is 0 Å². The highest BCUT2D eigenvalue weighted by Crippen LogP contribution is 2.09. The molecule has 1 aromatic heterocycles. The average Bonchev–Trinajstić information content (AvgIpc) is 2.86. The average molecular weight is 268 g/mol. The predicted octanol–water partition coefficient (Wildman–Crippen LogP) is 1.15. The van der Waals surface area contributed by atoms with Crippen LogP contribution in [0.3, 0.4) is 0 Å². The van der Waals surface area contributed by atoms with Crippen LogP contribution < -0.4 is 0 Å². The zero-order chi connectivity index (χ0) is 14.4. The van der Waals surface area contributed by atoms with Crippen LogP contribution in [-0.2, 0) is 11.3 Å². The third-order valence-corrected chi connectivity index (χ3v) is 2.98. The van der Waals surface area contributed by atoms with Crippen molar-refractivity contribution in [1.82, 2.24) is 20.0 Å². The first-order valence-electron chi connectivity index (χ1n) is 6.16. The summed E-state index contributed by atoms with van der Waals surface area (Å²) < 4.78 is 0. The molecule has 0 spiro atoms. The van der Waals surface area contributed by atoms with Gasteiger partial charge in [-0.1, -0.05) is 6.92 Å². The molecule has 0 saturated carbocycles. The van der Waals surface area contributed by atoms with Crippen molar-refractivity contribution >= 4 is 12.0 Å². The number of H-pyrrole nitrogens is 1. The van der Waals surface area contributed by atoms with Gasteiger partial charge in [0.15, 0.2) is 0 Å². The second-order valence-electron chi connectivity index (χ2n) is 4.52. The smallest absolute Gasteiger partial charge is 0.323 e. The van der Waals surface area contributed by atoms with E-state index in [1.54, 1.807) is 19.4 Å². The maximum atomic E-state index is 12.3. The summed E-state index contributed by atoms with van der Waals surface area (Å²) in [5, 5.41) is 15.4. The van der Waals surface area contributed by atoms with E-state index in [-0.39, 0.29) is 18.6 Å². The molecule has 0 fully saturated rings. The number of nitrogens with one attached hydrogen (secondary N) is 1. The lowest BCUT2D eigenvalue weighted by molar-refractivity contribution is -0.138. The molecule has 7 heteroatoms. The van der Waals surface area contributed by atoms with E-state index < -0.39 is 5.97 Å². The highest BCUT2D eigenvalue weighted by atomic mass is 16.4. The minimum atomic E-state index is -1.01. The van der Waals surface area contributed by atoms with Gasteiger partial charge in [0.2, 0.25) is 0 Å². The van der Waals surface area contributed by atoms with Gasteiger partial charge in [-0.05, 0) is 13.3 Å². The van der Waals surface area contributed by atoms with Gasteiger partial charge in [0.25, 0.3) is 0 Å². The second kappa shape index (κ2) is 6.77. The number of amides is 2. The molecule has 2 amide bonds. The van der Waals surface area contributed by atoms with Gasteiger partial charge in [-0.25, -0.2) is 4.79 Å². The number of aliphatic carboxylic acids is 1. The number of hydrogen-bond acceptors (Lipinski definition) is 3. The van der Waals surface area contributed by atoms with Crippen molar-refractivity contribution in [3.8, 4) is 0 Å². The Balaban J connectivity index is 2.71. The first-order valence-corrected chi connectivity index (χ1v) is 6.16. The summed E-state index contributed by atoms with van der Waals surface area (Å²) in [4.78, 5) is 26.0. The fourth-order valence-corrected chi connectivity index (χ4v) is 1.70. The van der Waals surface area contributed by atoms with E-state index in [9.17, 15) is 9.59 Å². The molecule has 0 saturated heterocycles. The van der Waals surface area contributed by atoms with Gasteiger partial charge in [-0.15, -0.1) is 0 Å². The van der Waals surface area contributed by atoms with Crippen LogP contribution in [0.5, 0.6) is 0 Å². The first-order chi connectivity index (χ1) is 8.95. The summed E-state index contributed by atoms with van der Waals surface area (Å²) in [5.41, 5.74) is 0.871. The molecule has 0 aromatic carbocycles. The van der Waals surface area contributed by atoms with Crippen LogP contribution in [0.2, 0.25) is 0 Å². The molecule has 1 heterocycles. The maximum Gasteiger partial charge on any atom is 0.323 e. The molecule has 2 N–H and O–H groups in total. The Morgan fingerprint density at radius 3 is 2.68 bits per heavy atom. The Morgan fingerprint density at radius 1 is 1.53 bits per heavy atom. The number of urea groups is 1. The zero-order valence-corrected chi connectivity index (χ0v) is 11.5. The topological polar surface area (TPSA) is 89.5 Å². The number of carboxylic acid groups (broad SMARTS) is 1. The van der Waals surface area contributed by atoms with Gasteiger partial charge < -0.3 is 14.9 Å².